The molecule has 2 aromatic rings. The summed E-state index contributed by atoms with van der Waals surface area (Å²) in [6, 6.07) is 7.70. The summed E-state index contributed by atoms with van der Waals surface area (Å²) < 4.78 is 44.0. The van der Waals surface area contributed by atoms with Crippen molar-refractivity contribution in [1.29, 1.82) is 0 Å². The van der Waals surface area contributed by atoms with Crippen LogP contribution in [-0.4, -0.2) is 68.8 Å². The smallest absolute Gasteiger partial charge is 0.254 e. The average molecular weight is 515 g/mol. The van der Waals surface area contributed by atoms with E-state index in [4.69, 9.17) is 14.2 Å². The monoisotopic (exact) mass is 514 g/mol. The van der Waals surface area contributed by atoms with E-state index in [2.05, 4.69) is 4.90 Å². The first-order valence-electron chi connectivity index (χ1n) is 12.8. The zero-order valence-electron chi connectivity index (χ0n) is 22.1. The molecule has 2 aromatic carbocycles. The van der Waals surface area contributed by atoms with E-state index in [0.717, 1.165) is 31.0 Å². The molecule has 0 unspecified atom stereocenters. The number of hydrogen-bond acceptors (Lipinski definition) is 5. The van der Waals surface area contributed by atoms with Gasteiger partial charge in [-0.3, -0.25) is 9.69 Å². The number of methoxy groups -OCH3 is 3. The number of likely N-dealkylation sites (tertiary alicyclic amines) is 1. The maximum absolute atomic E-state index is 14.3. The lowest BCUT2D eigenvalue weighted by atomic mass is 9.91. The zero-order chi connectivity index (χ0) is 26.5. The van der Waals surface area contributed by atoms with E-state index in [1.54, 1.807) is 18.2 Å². The van der Waals surface area contributed by atoms with Gasteiger partial charge in [-0.2, -0.15) is 0 Å². The third-order valence-electron chi connectivity index (χ3n) is 7.40. The zero-order valence-corrected chi connectivity index (χ0v) is 22.1. The lowest BCUT2D eigenvalue weighted by Crippen LogP contribution is -2.49. The van der Waals surface area contributed by atoms with E-state index in [0.29, 0.717) is 41.9 Å². The fraction of sp³-hybridized carbons (Fsp3) is 0.483. The van der Waals surface area contributed by atoms with Crippen molar-refractivity contribution in [3.63, 3.8) is 0 Å². The van der Waals surface area contributed by atoms with Crippen molar-refractivity contribution in [2.75, 3.05) is 41.0 Å². The molecule has 0 bridgehead atoms. The van der Waals surface area contributed by atoms with Gasteiger partial charge in [-0.15, -0.1) is 0 Å². The maximum atomic E-state index is 14.3. The molecule has 1 atom stereocenters. The molecule has 1 saturated heterocycles. The molecule has 2 aliphatic rings. The van der Waals surface area contributed by atoms with Crippen LogP contribution in [0.25, 0.3) is 6.08 Å². The molecule has 0 spiro atoms. The summed E-state index contributed by atoms with van der Waals surface area (Å²) in [4.78, 5) is 18.3. The number of hydrogen-bond donors (Lipinski definition) is 0. The summed E-state index contributed by atoms with van der Waals surface area (Å²) in [5.41, 5.74) is 1.50. The maximum Gasteiger partial charge on any atom is 0.254 e. The van der Waals surface area contributed by atoms with Crippen LogP contribution in [-0.2, 0) is 0 Å². The van der Waals surface area contributed by atoms with Crippen LogP contribution in [0, 0.1) is 11.6 Å². The molecule has 6 nitrogen and oxygen atoms in total. The molecule has 0 radical (unpaired) electrons. The molecule has 1 saturated carbocycles. The van der Waals surface area contributed by atoms with Gasteiger partial charge in [-0.05, 0) is 63.4 Å². The Hall–Kier alpha value is -3.13. The summed E-state index contributed by atoms with van der Waals surface area (Å²) >= 11 is 0. The van der Waals surface area contributed by atoms with E-state index >= 15 is 0 Å². The third kappa shape index (κ3) is 6.06. The number of halogens is 2. The Bertz CT molecular complexity index is 1120. The second kappa shape index (κ2) is 11.9. The van der Waals surface area contributed by atoms with Crippen LogP contribution in [0.1, 0.15) is 54.9 Å². The number of benzene rings is 2. The Kier molecular flexibility index (Phi) is 8.69. The van der Waals surface area contributed by atoms with Crippen LogP contribution < -0.4 is 14.2 Å². The predicted molar refractivity (Wildman–Crippen MR) is 139 cm³/mol. The number of carbonyl (C=O) groups is 1. The van der Waals surface area contributed by atoms with E-state index in [9.17, 15) is 13.6 Å². The molecule has 1 amide bonds. The minimum absolute atomic E-state index is 0.174. The number of ether oxygens (including phenoxy) is 3. The van der Waals surface area contributed by atoms with Gasteiger partial charge in [-0.25, -0.2) is 8.78 Å². The highest BCUT2D eigenvalue weighted by Crippen LogP contribution is 2.39. The quantitative estimate of drug-likeness (QED) is 0.416. The van der Waals surface area contributed by atoms with Crippen molar-refractivity contribution in [3.05, 3.63) is 58.7 Å². The summed E-state index contributed by atoms with van der Waals surface area (Å²) in [5.74, 6) is -0.196. The molecule has 8 heteroatoms. The van der Waals surface area contributed by atoms with Gasteiger partial charge in [0, 0.05) is 42.4 Å². The normalized spacial score (nSPS) is 18.4. The Morgan fingerprint density at radius 2 is 1.73 bits per heavy atom. The minimum Gasteiger partial charge on any atom is -0.493 e. The van der Waals surface area contributed by atoms with Crippen molar-refractivity contribution >= 4 is 12.0 Å². The first-order chi connectivity index (χ1) is 17.8. The summed E-state index contributed by atoms with van der Waals surface area (Å²) in [7, 11) is 4.55. The minimum atomic E-state index is -0.631. The van der Waals surface area contributed by atoms with Gasteiger partial charge in [0.25, 0.3) is 5.91 Å². The molecule has 200 valence electrons. The summed E-state index contributed by atoms with van der Waals surface area (Å²) in [6.07, 6.45) is 7.49. The van der Waals surface area contributed by atoms with Gasteiger partial charge in [0.1, 0.15) is 11.6 Å². The number of nitrogens with zero attached hydrogens (tertiary/aromatic N) is 2. The molecule has 1 aliphatic carbocycles. The molecule has 1 heterocycles. The highest BCUT2D eigenvalue weighted by molar-refractivity contribution is 5.96. The van der Waals surface area contributed by atoms with Gasteiger partial charge in [0.15, 0.2) is 11.5 Å². The van der Waals surface area contributed by atoms with E-state index < -0.39 is 11.6 Å². The summed E-state index contributed by atoms with van der Waals surface area (Å²) in [5, 5.41) is 0. The first kappa shape index (κ1) is 26.9. The van der Waals surface area contributed by atoms with Crippen molar-refractivity contribution in [2.45, 2.75) is 51.1 Å². The fourth-order valence-electron chi connectivity index (χ4n) is 5.34. The Labute approximate surface area is 217 Å². The second-order valence-corrected chi connectivity index (χ2v) is 9.87. The van der Waals surface area contributed by atoms with Gasteiger partial charge >= 0.3 is 0 Å². The Morgan fingerprint density at radius 1 is 1.03 bits per heavy atom. The van der Waals surface area contributed by atoms with E-state index in [1.165, 1.54) is 52.7 Å². The van der Waals surface area contributed by atoms with Crippen molar-refractivity contribution in [1.82, 2.24) is 9.80 Å². The largest absolute Gasteiger partial charge is 0.493 e. The van der Waals surface area contributed by atoms with Crippen molar-refractivity contribution < 1.29 is 27.8 Å². The molecular weight excluding hydrogens is 478 g/mol. The van der Waals surface area contributed by atoms with Crippen molar-refractivity contribution in [3.8, 4) is 17.2 Å². The second-order valence-electron chi connectivity index (χ2n) is 9.87. The first-order valence-corrected chi connectivity index (χ1v) is 12.8. The van der Waals surface area contributed by atoms with Gasteiger partial charge in [0.05, 0.1) is 21.3 Å². The Morgan fingerprint density at radius 3 is 2.30 bits per heavy atom. The molecule has 37 heavy (non-hydrogen) atoms. The number of amides is 1. The molecule has 0 aromatic heterocycles. The van der Waals surface area contributed by atoms with Gasteiger partial charge in [-0.1, -0.05) is 18.1 Å². The molecule has 1 aliphatic heterocycles. The average Bonchev–Trinajstić information content (AvgIpc) is 3.30. The van der Waals surface area contributed by atoms with E-state index in [-0.39, 0.29) is 17.5 Å². The lowest BCUT2D eigenvalue weighted by molar-refractivity contribution is 0.0630. The van der Waals surface area contributed by atoms with Crippen LogP contribution in [0.2, 0.25) is 0 Å². The highest BCUT2D eigenvalue weighted by atomic mass is 19.1. The predicted octanol–water partition coefficient (Wildman–Crippen LogP) is 5.55. The lowest BCUT2D eigenvalue weighted by Gasteiger charge is -2.40. The third-order valence-corrected chi connectivity index (χ3v) is 7.40. The Balaban J connectivity index is 1.64. The molecule has 4 rings (SSSR count). The fourth-order valence-corrected chi connectivity index (χ4v) is 5.34. The highest BCUT2D eigenvalue weighted by Gasteiger charge is 2.35. The van der Waals surface area contributed by atoms with Crippen LogP contribution in [0.4, 0.5) is 8.78 Å². The van der Waals surface area contributed by atoms with Crippen LogP contribution in [0.15, 0.2) is 35.9 Å². The van der Waals surface area contributed by atoms with Crippen LogP contribution >= 0.6 is 0 Å². The van der Waals surface area contributed by atoms with Gasteiger partial charge in [0.2, 0.25) is 5.75 Å². The number of carbonyl (C=O) groups excluding carboxylic acids is 1. The van der Waals surface area contributed by atoms with Crippen LogP contribution in [0.3, 0.4) is 0 Å². The van der Waals surface area contributed by atoms with E-state index in [1.807, 2.05) is 11.8 Å². The summed E-state index contributed by atoms with van der Waals surface area (Å²) in [6.45, 7) is 3.78. The molecule has 0 N–H and O–H groups in total. The number of rotatable bonds is 10. The molecule has 2 fully saturated rings. The van der Waals surface area contributed by atoms with Crippen LogP contribution in [0.5, 0.6) is 17.2 Å². The SMILES string of the molecule is COc1cc(C(=O)N(C/C(C)=C/c2ccc(F)cc2F)C[C@H]2CCCN2C2CCC2)cc(OC)c1OC. The topological polar surface area (TPSA) is 51.2 Å². The molecular formula is C29H36F2N2O4. The standard InChI is InChI=1S/C29H36F2N2O4/c1-19(13-20-10-11-22(30)16-25(20)31)17-32(18-24-9-6-12-33(24)23-7-5-8-23)29(34)21-14-26(35-2)28(37-4)27(15-21)36-3/h10-11,13-16,23-24H,5-9,12,17-18H2,1-4H3/b19-13+/t24-/m1/s1. The van der Waals surface area contributed by atoms with Gasteiger partial charge < -0.3 is 19.1 Å². The van der Waals surface area contributed by atoms with Crippen molar-refractivity contribution in [2.24, 2.45) is 0 Å².